The Morgan fingerprint density at radius 2 is 1.96 bits per heavy atom. The van der Waals surface area contributed by atoms with Gasteiger partial charge >= 0.3 is 0 Å². The lowest BCUT2D eigenvalue weighted by molar-refractivity contribution is 0.0514. The van der Waals surface area contributed by atoms with Crippen molar-refractivity contribution in [2.75, 3.05) is 26.8 Å². The van der Waals surface area contributed by atoms with Crippen LogP contribution in [-0.2, 0) is 23.7 Å². The molecule has 2 aromatic rings. The van der Waals surface area contributed by atoms with Gasteiger partial charge in [0.1, 0.15) is 12.2 Å². The molecule has 0 atom stereocenters. The van der Waals surface area contributed by atoms with E-state index >= 15 is 0 Å². The van der Waals surface area contributed by atoms with E-state index in [9.17, 15) is 0 Å². The minimum Gasteiger partial charge on any atom is -0.381 e. The summed E-state index contributed by atoms with van der Waals surface area (Å²) in [6.07, 6.45) is 3.56. The molecule has 142 valence electrons. The van der Waals surface area contributed by atoms with Crippen molar-refractivity contribution in [3.8, 4) is 0 Å². The number of guanidine groups is 1. The third-order valence-electron chi connectivity index (χ3n) is 4.87. The predicted molar refractivity (Wildman–Crippen MR) is 113 cm³/mol. The fraction of sp³-hybridized carbons (Fsp3) is 0.500. The van der Waals surface area contributed by atoms with Crippen LogP contribution in [-0.4, -0.2) is 47.5 Å². The molecule has 1 saturated heterocycles. The highest BCUT2D eigenvalue weighted by Crippen LogP contribution is 2.34. The minimum absolute atomic E-state index is 0. The fourth-order valence-electron chi connectivity index (χ4n) is 3.24. The molecule has 0 aliphatic carbocycles. The summed E-state index contributed by atoms with van der Waals surface area (Å²) in [6, 6.07) is 10.7. The van der Waals surface area contributed by atoms with Crippen LogP contribution in [0.15, 0.2) is 41.7 Å². The van der Waals surface area contributed by atoms with Crippen LogP contribution in [0.25, 0.3) is 0 Å². The number of nitrogens with zero attached hydrogens (tertiary/aromatic N) is 4. The van der Waals surface area contributed by atoms with Gasteiger partial charge in [-0.15, -0.1) is 24.0 Å². The Balaban J connectivity index is 0.00000243. The number of halogens is 1. The van der Waals surface area contributed by atoms with Gasteiger partial charge in [-0.05, 0) is 18.4 Å². The molecule has 1 aliphatic rings. The molecular weight excluding hydrogens is 443 g/mol. The van der Waals surface area contributed by atoms with E-state index < -0.39 is 0 Å². The molecule has 0 radical (unpaired) electrons. The monoisotopic (exact) mass is 470 g/mol. The summed E-state index contributed by atoms with van der Waals surface area (Å²) in [7, 11) is 3.66. The van der Waals surface area contributed by atoms with E-state index in [0.29, 0.717) is 6.54 Å². The maximum Gasteiger partial charge on any atom is 0.191 e. The average molecular weight is 470 g/mol. The number of nitrogens with one attached hydrogen (secondary N) is 2. The van der Waals surface area contributed by atoms with Gasteiger partial charge in [0.05, 0.1) is 6.54 Å². The van der Waals surface area contributed by atoms with E-state index in [-0.39, 0.29) is 29.4 Å². The van der Waals surface area contributed by atoms with Gasteiger partial charge in [0.2, 0.25) is 0 Å². The van der Waals surface area contributed by atoms with Gasteiger partial charge in [0, 0.05) is 39.3 Å². The minimum atomic E-state index is 0. The molecule has 26 heavy (non-hydrogen) atoms. The number of aliphatic imine (C=N–C) groups is 1. The van der Waals surface area contributed by atoms with E-state index in [2.05, 4.69) is 56.0 Å². The number of hydrogen-bond donors (Lipinski definition) is 2. The largest absolute Gasteiger partial charge is 0.381 e. The number of aryl methyl sites for hydroxylation is 1. The second-order valence-electron chi connectivity index (χ2n) is 6.34. The predicted octanol–water partition coefficient (Wildman–Crippen LogP) is 1.85. The summed E-state index contributed by atoms with van der Waals surface area (Å²) in [5, 5.41) is 10.9. The summed E-state index contributed by atoms with van der Waals surface area (Å²) >= 11 is 0. The topological polar surface area (TPSA) is 76.4 Å². The normalized spacial score (nSPS) is 16.6. The molecule has 2 N–H and O–H groups in total. The van der Waals surface area contributed by atoms with E-state index in [1.54, 1.807) is 18.1 Å². The smallest absolute Gasteiger partial charge is 0.191 e. The quantitative estimate of drug-likeness (QED) is 0.397. The number of ether oxygens (including phenoxy) is 1. The summed E-state index contributed by atoms with van der Waals surface area (Å²) in [5.41, 5.74) is 1.43. The Bertz CT molecular complexity index is 697. The molecule has 1 aromatic carbocycles. The van der Waals surface area contributed by atoms with Crippen LogP contribution >= 0.6 is 24.0 Å². The first kappa shape index (κ1) is 20.6. The average Bonchev–Trinajstić information content (AvgIpc) is 3.08. The highest BCUT2D eigenvalue weighted by molar-refractivity contribution is 14.0. The van der Waals surface area contributed by atoms with Crippen LogP contribution in [0.3, 0.4) is 0 Å². The zero-order chi connectivity index (χ0) is 17.5. The Morgan fingerprint density at radius 3 is 2.58 bits per heavy atom. The number of benzene rings is 1. The fourth-order valence-corrected chi connectivity index (χ4v) is 3.24. The standard InChI is InChI=1S/C18H26N6O.HI/c1-19-17(20-12-16-22-14-23-24(16)2)21-13-18(8-10-25-11-9-18)15-6-4-3-5-7-15;/h3-7,14H,8-13H2,1-2H3,(H2,19,20,21);1H. The number of rotatable bonds is 5. The van der Waals surface area contributed by atoms with Crippen LogP contribution in [0.5, 0.6) is 0 Å². The summed E-state index contributed by atoms with van der Waals surface area (Å²) in [6.45, 7) is 2.99. The van der Waals surface area contributed by atoms with E-state index in [0.717, 1.165) is 44.4 Å². The molecule has 0 bridgehead atoms. The second kappa shape index (κ2) is 9.86. The molecule has 2 heterocycles. The van der Waals surface area contributed by atoms with Crippen LogP contribution in [0.4, 0.5) is 0 Å². The van der Waals surface area contributed by atoms with Crippen molar-refractivity contribution in [3.63, 3.8) is 0 Å². The summed E-state index contributed by atoms with van der Waals surface area (Å²) in [5.74, 6) is 1.64. The maximum atomic E-state index is 5.60. The molecule has 7 nitrogen and oxygen atoms in total. The van der Waals surface area contributed by atoms with Crippen LogP contribution in [0, 0.1) is 0 Å². The molecule has 0 amide bonds. The molecule has 8 heteroatoms. The lowest BCUT2D eigenvalue weighted by atomic mass is 9.74. The van der Waals surface area contributed by atoms with Crippen molar-refractivity contribution in [1.82, 2.24) is 25.4 Å². The SMILES string of the molecule is CN=C(NCc1ncnn1C)NCC1(c2ccccc2)CCOCC1.I. The van der Waals surface area contributed by atoms with Gasteiger partial charge in [-0.1, -0.05) is 30.3 Å². The first-order valence-corrected chi connectivity index (χ1v) is 8.64. The Kier molecular flexibility index (Phi) is 7.83. The molecule has 0 spiro atoms. The molecular formula is C18H27IN6O. The summed E-state index contributed by atoms with van der Waals surface area (Å²) in [4.78, 5) is 8.56. The van der Waals surface area contributed by atoms with Crippen molar-refractivity contribution in [3.05, 3.63) is 48.0 Å². The molecule has 1 aromatic heterocycles. The Morgan fingerprint density at radius 1 is 1.23 bits per heavy atom. The van der Waals surface area contributed by atoms with Gasteiger partial charge in [-0.25, -0.2) is 4.98 Å². The third-order valence-corrected chi connectivity index (χ3v) is 4.87. The van der Waals surface area contributed by atoms with Crippen LogP contribution in [0.2, 0.25) is 0 Å². The van der Waals surface area contributed by atoms with Crippen molar-refractivity contribution in [2.45, 2.75) is 24.8 Å². The molecule has 0 saturated carbocycles. The van der Waals surface area contributed by atoms with Crippen molar-refractivity contribution >= 4 is 29.9 Å². The van der Waals surface area contributed by atoms with Gasteiger partial charge in [0.15, 0.2) is 5.96 Å². The first-order chi connectivity index (χ1) is 12.2. The zero-order valence-electron chi connectivity index (χ0n) is 15.3. The third kappa shape index (κ3) is 4.94. The molecule has 1 aliphatic heterocycles. The lowest BCUT2D eigenvalue weighted by Crippen LogP contribution is -2.48. The van der Waals surface area contributed by atoms with Crippen molar-refractivity contribution < 1.29 is 4.74 Å². The van der Waals surface area contributed by atoms with Gasteiger partial charge < -0.3 is 15.4 Å². The molecule has 0 unspecified atom stereocenters. The Labute approximate surface area is 171 Å². The van der Waals surface area contributed by atoms with Gasteiger partial charge in [-0.3, -0.25) is 9.67 Å². The highest BCUT2D eigenvalue weighted by Gasteiger charge is 2.34. The summed E-state index contributed by atoms with van der Waals surface area (Å²) < 4.78 is 7.35. The van der Waals surface area contributed by atoms with E-state index in [1.807, 2.05) is 7.05 Å². The Hall–Kier alpha value is -1.68. The van der Waals surface area contributed by atoms with Crippen molar-refractivity contribution in [2.24, 2.45) is 12.0 Å². The second-order valence-corrected chi connectivity index (χ2v) is 6.34. The van der Waals surface area contributed by atoms with Gasteiger partial charge in [-0.2, -0.15) is 5.10 Å². The lowest BCUT2D eigenvalue weighted by Gasteiger charge is -2.38. The van der Waals surface area contributed by atoms with Crippen molar-refractivity contribution in [1.29, 1.82) is 0 Å². The van der Waals surface area contributed by atoms with Gasteiger partial charge in [0.25, 0.3) is 0 Å². The molecule has 1 fully saturated rings. The maximum absolute atomic E-state index is 5.60. The zero-order valence-corrected chi connectivity index (χ0v) is 17.6. The first-order valence-electron chi connectivity index (χ1n) is 8.64. The number of aromatic nitrogens is 3. The van der Waals surface area contributed by atoms with E-state index in [4.69, 9.17) is 4.74 Å². The highest BCUT2D eigenvalue weighted by atomic mass is 127. The molecule has 3 rings (SSSR count). The number of hydrogen-bond acceptors (Lipinski definition) is 4. The van der Waals surface area contributed by atoms with E-state index in [1.165, 1.54) is 5.56 Å². The van der Waals surface area contributed by atoms with Crippen LogP contribution < -0.4 is 10.6 Å². The van der Waals surface area contributed by atoms with Crippen LogP contribution in [0.1, 0.15) is 24.2 Å².